The van der Waals surface area contributed by atoms with Crippen molar-refractivity contribution in [1.82, 2.24) is 0 Å². The van der Waals surface area contributed by atoms with Crippen LogP contribution in [0.4, 0.5) is 0 Å². The largest absolute Gasteiger partial charge is 0.198 e. The maximum Gasteiger partial charge on any atom is 0.0667 e. The van der Waals surface area contributed by atoms with Crippen LogP contribution in [0.25, 0.3) is 0 Å². The van der Waals surface area contributed by atoms with Crippen molar-refractivity contribution in [2.24, 2.45) is 5.92 Å². The summed E-state index contributed by atoms with van der Waals surface area (Å²) in [6.07, 6.45) is 1.13. The van der Waals surface area contributed by atoms with Gasteiger partial charge in [-0.1, -0.05) is 22.9 Å². The van der Waals surface area contributed by atoms with Crippen molar-refractivity contribution in [1.29, 1.82) is 10.5 Å². The van der Waals surface area contributed by atoms with Crippen molar-refractivity contribution in [3.05, 3.63) is 0 Å². The van der Waals surface area contributed by atoms with Gasteiger partial charge in [-0.3, -0.25) is 0 Å². The molecule has 0 aromatic heterocycles. The first-order valence-corrected chi connectivity index (χ1v) is 4.04. The zero-order chi connectivity index (χ0) is 7.98. The molecule has 2 unspecified atom stereocenters. The summed E-state index contributed by atoms with van der Waals surface area (Å²) in [5.74, 6) is -0.0281. The highest BCUT2D eigenvalue weighted by molar-refractivity contribution is 9.09. The second-order valence-corrected chi connectivity index (χ2v) is 3.55. The monoisotopic (exact) mass is 200 g/mol. The number of alkyl halides is 1. The fourth-order valence-corrected chi connectivity index (χ4v) is 1.000. The second-order valence-electron chi connectivity index (χ2n) is 2.11. The first-order valence-electron chi connectivity index (χ1n) is 3.13. The van der Waals surface area contributed by atoms with Crippen LogP contribution in [0.2, 0.25) is 0 Å². The van der Waals surface area contributed by atoms with Crippen LogP contribution in [0.5, 0.6) is 0 Å². The van der Waals surface area contributed by atoms with Crippen LogP contribution in [-0.4, -0.2) is 4.83 Å². The van der Waals surface area contributed by atoms with E-state index in [0.29, 0.717) is 12.8 Å². The smallest absolute Gasteiger partial charge is 0.0667 e. The van der Waals surface area contributed by atoms with Gasteiger partial charge in [0.2, 0.25) is 0 Å². The molecular weight excluding hydrogens is 192 g/mol. The van der Waals surface area contributed by atoms with Crippen molar-refractivity contribution >= 4 is 15.9 Å². The first kappa shape index (κ1) is 9.46. The van der Waals surface area contributed by atoms with E-state index in [-0.39, 0.29) is 10.7 Å². The highest BCUT2D eigenvalue weighted by atomic mass is 79.9. The topological polar surface area (TPSA) is 47.6 Å². The predicted molar refractivity (Wildman–Crippen MR) is 42.3 cm³/mol. The zero-order valence-electron chi connectivity index (χ0n) is 5.84. The summed E-state index contributed by atoms with van der Waals surface area (Å²) >= 11 is 3.30. The molecule has 0 aliphatic carbocycles. The molecule has 3 heteroatoms. The van der Waals surface area contributed by atoms with Crippen molar-refractivity contribution < 1.29 is 0 Å². The second kappa shape index (κ2) is 5.26. The molecule has 0 aliphatic rings. The Bertz CT molecular complexity index is 163. The third-order valence-corrected chi connectivity index (χ3v) is 1.93. The summed E-state index contributed by atoms with van der Waals surface area (Å²) in [7, 11) is 0. The highest BCUT2D eigenvalue weighted by Gasteiger charge is 2.12. The van der Waals surface area contributed by atoms with Gasteiger partial charge in [0.15, 0.2) is 0 Å². The molecule has 0 aliphatic heterocycles. The summed E-state index contributed by atoms with van der Waals surface area (Å²) in [6.45, 7) is 1.92. The van der Waals surface area contributed by atoms with Crippen LogP contribution in [0.15, 0.2) is 0 Å². The summed E-state index contributed by atoms with van der Waals surface area (Å²) in [4.78, 5) is 0.186. The number of rotatable bonds is 3. The quantitative estimate of drug-likeness (QED) is 0.657. The molecule has 54 valence electrons. The van der Waals surface area contributed by atoms with Gasteiger partial charge in [0.1, 0.15) is 0 Å². The Morgan fingerprint density at radius 3 is 2.40 bits per heavy atom. The Labute approximate surface area is 69.6 Å². The lowest BCUT2D eigenvalue weighted by Gasteiger charge is -2.07. The lowest BCUT2D eigenvalue weighted by Crippen LogP contribution is -2.07. The summed E-state index contributed by atoms with van der Waals surface area (Å²) in [5, 5.41) is 16.8. The van der Waals surface area contributed by atoms with Crippen molar-refractivity contribution in [3.8, 4) is 12.1 Å². The first-order chi connectivity index (χ1) is 4.72. The molecule has 2 atom stereocenters. The van der Waals surface area contributed by atoms with E-state index in [2.05, 4.69) is 22.0 Å². The van der Waals surface area contributed by atoms with Crippen molar-refractivity contribution in [3.63, 3.8) is 0 Å². The van der Waals surface area contributed by atoms with E-state index in [9.17, 15) is 0 Å². The number of nitrogens with zero attached hydrogens (tertiary/aromatic N) is 2. The standard InChI is InChI=1S/C7H9BrN2/c1-6(8)7(5-10)3-2-4-9/h6-7H,2-3H2,1H3. The van der Waals surface area contributed by atoms with Crippen LogP contribution in [0, 0.1) is 28.6 Å². The molecule has 0 radical (unpaired) electrons. The van der Waals surface area contributed by atoms with Gasteiger partial charge in [-0.05, 0) is 6.42 Å². The molecule has 0 rings (SSSR count). The number of hydrogen-bond donors (Lipinski definition) is 0. The summed E-state index contributed by atoms with van der Waals surface area (Å²) < 4.78 is 0. The van der Waals surface area contributed by atoms with E-state index in [1.165, 1.54) is 0 Å². The molecular formula is C7H9BrN2. The van der Waals surface area contributed by atoms with Crippen LogP contribution in [-0.2, 0) is 0 Å². The molecule has 0 aromatic carbocycles. The van der Waals surface area contributed by atoms with Gasteiger partial charge in [0.05, 0.1) is 18.1 Å². The predicted octanol–water partition coefficient (Wildman–Crippen LogP) is 2.21. The lowest BCUT2D eigenvalue weighted by atomic mass is 10.0. The highest BCUT2D eigenvalue weighted by Crippen LogP contribution is 2.16. The molecule has 0 bridgehead atoms. The van der Waals surface area contributed by atoms with E-state index in [0.717, 1.165) is 0 Å². The van der Waals surface area contributed by atoms with Gasteiger partial charge >= 0.3 is 0 Å². The molecule has 0 aromatic rings. The molecule has 0 N–H and O–H groups in total. The molecule has 10 heavy (non-hydrogen) atoms. The Hall–Kier alpha value is -0.540. The Balaban J connectivity index is 3.66. The molecule has 0 fully saturated rings. The lowest BCUT2D eigenvalue weighted by molar-refractivity contribution is 0.614. The number of halogens is 1. The fourth-order valence-electron chi connectivity index (χ4n) is 0.617. The number of hydrogen-bond acceptors (Lipinski definition) is 2. The van der Waals surface area contributed by atoms with E-state index in [4.69, 9.17) is 10.5 Å². The average molecular weight is 201 g/mol. The Morgan fingerprint density at radius 2 is 2.10 bits per heavy atom. The Kier molecular flexibility index (Phi) is 4.98. The SMILES string of the molecule is CC(Br)C(C#N)CCC#N. The molecule has 0 saturated heterocycles. The third kappa shape index (κ3) is 3.48. The Morgan fingerprint density at radius 1 is 1.50 bits per heavy atom. The summed E-state index contributed by atoms with van der Waals surface area (Å²) in [6, 6.07) is 4.15. The normalized spacial score (nSPS) is 14.8. The van der Waals surface area contributed by atoms with Crippen LogP contribution in [0.1, 0.15) is 19.8 Å². The van der Waals surface area contributed by atoms with Gasteiger partial charge in [0.25, 0.3) is 0 Å². The molecule has 0 saturated carbocycles. The van der Waals surface area contributed by atoms with E-state index < -0.39 is 0 Å². The van der Waals surface area contributed by atoms with E-state index in [1.807, 2.05) is 13.0 Å². The molecule has 2 nitrogen and oxygen atoms in total. The average Bonchev–Trinajstić information content (AvgIpc) is 1.89. The van der Waals surface area contributed by atoms with Crippen LogP contribution in [0.3, 0.4) is 0 Å². The van der Waals surface area contributed by atoms with Gasteiger partial charge in [-0.15, -0.1) is 0 Å². The summed E-state index contributed by atoms with van der Waals surface area (Å²) in [5.41, 5.74) is 0. The maximum atomic E-state index is 8.53. The van der Waals surface area contributed by atoms with Crippen molar-refractivity contribution in [2.75, 3.05) is 0 Å². The zero-order valence-corrected chi connectivity index (χ0v) is 7.43. The van der Waals surface area contributed by atoms with E-state index in [1.54, 1.807) is 0 Å². The van der Waals surface area contributed by atoms with E-state index >= 15 is 0 Å². The van der Waals surface area contributed by atoms with Crippen molar-refractivity contribution in [2.45, 2.75) is 24.6 Å². The fraction of sp³-hybridized carbons (Fsp3) is 0.714. The molecule has 0 spiro atoms. The molecule has 0 heterocycles. The van der Waals surface area contributed by atoms with Gasteiger partial charge in [0, 0.05) is 11.2 Å². The van der Waals surface area contributed by atoms with Crippen LogP contribution >= 0.6 is 15.9 Å². The van der Waals surface area contributed by atoms with Gasteiger partial charge in [-0.2, -0.15) is 10.5 Å². The minimum absolute atomic E-state index is 0.0281. The molecule has 0 amide bonds. The third-order valence-electron chi connectivity index (χ3n) is 1.29. The number of nitriles is 2. The maximum absolute atomic E-state index is 8.53. The van der Waals surface area contributed by atoms with Crippen LogP contribution < -0.4 is 0 Å². The van der Waals surface area contributed by atoms with Gasteiger partial charge in [-0.25, -0.2) is 0 Å². The minimum atomic E-state index is -0.0281. The van der Waals surface area contributed by atoms with Gasteiger partial charge < -0.3 is 0 Å². The minimum Gasteiger partial charge on any atom is -0.198 e.